The van der Waals surface area contributed by atoms with E-state index in [1.165, 1.54) is 11.8 Å². The Labute approximate surface area is 152 Å². The highest BCUT2D eigenvalue weighted by molar-refractivity contribution is 6.15. The molecule has 1 fully saturated rings. The van der Waals surface area contributed by atoms with Crippen LogP contribution >= 0.6 is 0 Å². The fraction of sp³-hybridized carbons (Fsp3) is 0.526. The lowest BCUT2D eigenvalue weighted by molar-refractivity contribution is -0.166. The van der Waals surface area contributed by atoms with E-state index in [-0.39, 0.29) is 6.61 Å². The third-order valence-electron chi connectivity index (χ3n) is 4.86. The number of fused-ring (bicyclic) bond motifs is 1. The minimum Gasteiger partial charge on any atom is -0.466 e. The number of amides is 2. The van der Waals surface area contributed by atoms with Crippen LogP contribution in [0, 0.1) is 6.92 Å². The van der Waals surface area contributed by atoms with E-state index >= 15 is 0 Å². The number of hydrogen-bond donors (Lipinski definition) is 1. The molecule has 2 aliphatic heterocycles. The number of nitrogens with zero attached hydrogens (tertiary/aromatic N) is 1. The minimum absolute atomic E-state index is 0.248. The summed E-state index contributed by atoms with van der Waals surface area (Å²) in [4.78, 5) is 39.6. The summed E-state index contributed by atoms with van der Waals surface area (Å²) in [6, 6.07) is 4.70. The van der Waals surface area contributed by atoms with E-state index in [2.05, 4.69) is 5.32 Å². The van der Waals surface area contributed by atoms with Crippen LogP contribution in [0.15, 0.2) is 18.2 Å². The number of piperidine rings is 1. The van der Waals surface area contributed by atoms with Crippen molar-refractivity contribution >= 4 is 23.5 Å². The Bertz CT molecular complexity index is 747. The van der Waals surface area contributed by atoms with Crippen LogP contribution in [0.4, 0.5) is 5.69 Å². The number of aryl methyl sites for hydroxylation is 1. The molecule has 0 bridgehead atoms. The molecule has 1 N–H and O–H groups in total. The molecule has 0 saturated carbocycles. The van der Waals surface area contributed by atoms with Crippen LogP contribution in [0.3, 0.4) is 0 Å². The molecule has 140 valence electrons. The Balaban J connectivity index is 1.88. The Kier molecular flexibility index (Phi) is 4.89. The van der Waals surface area contributed by atoms with Gasteiger partial charge in [0.05, 0.1) is 12.3 Å². The van der Waals surface area contributed by atoms with E-state index in [0.717, 1.165) is 18.4 Å². The van der Waals surface area contributed by atoms with Gasteiger partial charge in [-0.2, -0.15) is 0 Å². The molecule has 7 heteroatoms. The Hall–Kier alpha value is -2.57. The van der Waals surface area contributed by atoms with Crippen LogP contribution in [-0.4, -0.2) is 47.5 Å². The number of hydrogen-bond acceptors (Lipinski definition) is 5. The second kappa shape index (κ2) is 6.97. The molecule has 0 radical (unpaired) electrons. The third-order valence-corrected chi connectivity index (χ3v) is 4.86. The lowest BCUT2D eigenvalue weighted by Gasteiger charge is -2.41. The van der Waals surface area contributed by atoms with E-state index in [0.29, 0.717) is 24.4 Å². The minimum atomic E-state index is -1.72. The van der Waals surface area contributed by atoms with E-state index in [4.69, 9.17) is 9.47 Å². The van der Waals surface area contributed by atoms with Crippen LogP contribution in [0.2, 0.25) is 0 Å². The molecule has 2 heterocycles. The molecule has 3 rings (SSSR count). The van der Waals surface area contributed by atoms with Crippen molar-refractivity contribution in [2.45, 2.75) is 51.7 Å². The predicted molar refractivity (Wildman–Crippen MR) is 94.8 cm³/mol. The first-order valence-corrected chi connectivity index (χ1v) is 8.95. The summed E-state index contributed by atoms with van der Waals surface area (Å²) >= 11 is 0. The number of rotatable bonds is 3. The highest BCUT2D eigenvalue weighted by Gasteiger charge is 2.51. The maximum Gasteiger partial charge on any atom is 0.328 e. The van der Waals surface area contributed by atoms with Gasteiger partial charge < -0.3 is 19.7 Å². The van der Waals surface area contributed by atoms with Gasteiger partial charge in [-0.15, -0.1) is 0 Å². The van der Waals surface area contributed by atoms with Gasteiger partial charge in [0.15, 0.2) is 0 Å². The van der Waals surface area contributed by atoms with Crippen molar-refractivity contribution in [1.29, 1.82) is 0 Å². The van der Waals surface area contributed by atoms with Gasteiger partial charge in [0.2, 0.25) is 0 Å². The molecule has 2 aliphatic rings. The number of carbonyl (C=O) groups is 3. The van der Waals surface area contributed by atoms with Crippen molar-refractivity contribution in [2.75, 3.05) is 18.5 Å². The first-order chi connectivity index (χ1) is 12.4. The second-order valence-electron chi connectivity index (χ2n) is 6.85. The standard InChI is InChI=1S/C19H24N2O5/c1-4-25-16(22)14-7-5-6-10-21(14)18(24)19(3)17(23)20-13-11-12(2)8-9-15(13)26-19/h8-9,11,14H,4-7,10H2,1-3H3,(H,20,23). The van der Waals surface area contributed by atoms with Gasteiger partial charge in [0, 0.05) is 6.54 Å². The number of ether oxygens (including phenoxy) is 2. The zero-order valence-corrected chi connectivity index (χ0v) is 15.3. The van der Waals surface area contributed by atoms with Gasteiger partial charge in [-0.1, -0.05) is 6.07 Å². The fourth-order valence-corrected chi connectivity index (χ4v) is 3.41. The number of likely N-dealkylation sites (tertiary alicyclic amines) is 1. The highest BCUT2D eigenvalue weighted by Crippen LogP contribution is 2.36. The summed E-state index contributed by atoms with van der Waals surface area (Å²) in [5, 5.41) is 2.75. The molecule has 0 aromatic heterocycles. The lowest BCUT2D eigenvalue weighted by atomic mass is 9.95. The SMILES string of the molecule is CCOC(=O)C1CCCCN1C(=O)C1(C)Oc2ccc(C)cc2NC1=O. The zero-order chi connectivity index (χ0) is 18.9. The maximum atomic E-state index is 13.2. The highest BCUT2D eigenvalue weighted by atomic mass is 16.5. The smallest absolute Gasteiger partial charge is 0.328 e. The molecule has 0 aliphatic carbocycles. The van der Waals surface area contributed by atoms with Gasteiger partial charge in [0.25, 0.3) is 17.4 Å². The van der Waals surface area contributed by atoms with Crippen molar-refractivity contribution in [3.63, 3.8) is 0 Å². The average molecular weight is 360 g/mol. The largest absolute Gasteiger partial charge is 0.466 e. The van der Waals surface area contributed by atoms with Gasteiger partial charge in [0.1, 0.15) is 11.8 Å². The molecule has 2 amide bonds. The fourth-order valence-electron chi connectivity index (χ4n) is 3.41. The van der Waals surface area contributed by atoms with Crippen LogP contribution in [-0.2, 0) is 19.1 Å². The molecule has 1 aromatic rings. The Morgan fingerprint density at radius 3 is 2.88 bits per heavy atom. The number of carbonyl (C=O) groups excluding carboxylic acids is 3. The molecule has 1 aromatic carbocycles. The number of benzene rings is 1. The first-order valence-electron chi connectivity index (χ1n) is 8.95. The van der Waals surface area contributed by atoms with Crippen molar-refractivity contribution < 1.29 is 23.9 Å². The van der Waals surface area contributed by atoms with Crippen molar-refractivity contribution in [3.8, 4) is 5.75 Å². The van der Waals surface area contributed by atoms with E-state index in [9.17, 15) is 14.4 Å². The molecule has 1 saturated heterocycles. The molecule has 2 unspecified atom stereocenters. The van der Waals surface area contributed by atoms with Crippen LogP contribution in [0.1, 0.15) is 38.7 Å². The number of nitrogens with one attached hydrogen (secondary N) is 1. The second-order valence-corrected chi connectivity index (χ2v) is 6.85. The first kappa shape index (κ1) is 18.2. The van der Waals surface area contributed by atoms with Gasteiger partial charge in [-0.05, 0) is 57.7 Å². The normalized spacial score (nSPS) is 25.0. The quantitative estimate of drug-likeness (QED) is 0.658. The zero-order valence-electron chi connectivity index (χ0n) is 15.3. The topological polar surface area (TPSA) is 84.9 Å². The summed E-state index contributed by atoms with van der Waals surface area (Å²) in [7, 11) is 0. The van der Waals surface area contributed by atoms with Gasteiger partial charge in [-0.3, -0.25) is 9.59 Å². The molecule has 0 spiro atoms. The molecular formula is C19H24N2O5. The molecular weight excluding hydrogens is 336 g/mol. The summed E-state index contributed by atoms with van der Waals surface area (Å²) in [6.07, 6.45) is 2.13. The van der Waals surface area contributed by atoms with Gasteiger partial charge in [-0.25, -0.2) is 4.79 Å². The number of esters is 1. The lowest BCUT2D eigenvalue weighted by Crippen LogP contribution is -2.63. The van der Waals surface area contributed by atoms with Crippen LogP contribution in [0.25, 0.3) is 0 Å². The molecule has 2 atom stereocenters. The van der Waals surface area contributed by atoms with Crippen LogP contribution < -0.4 is 10.1 Å². The summed E-state index contributed by atoms with van der Waals surface area (Å²) in [5.74, 6) is -1.04. The molecule has 26 heavy (non-hydrogen) atoms. The van der Waals surface area contributed by atoms with Crippen molar-refractivity contribution in [3.05, 3.63) is 23.8 Å². The summed E-state index contributed by atoms with van der Waals surface area (Å²) in [6.45, 7) is 5.73. The summed E-state index contributed by atoms with van der Waals surface area (Å²) in [5.41, 5.74) is -0.202. The van der Waals surface area contributed by atoms with Crippen molar-refractivity contribution in [1.82, 2.24) is 4.90 Å². The Morgan fingerprint density at radius 2 is 2.15 bits per heavy atom. The van der Waals surface area contributed by atoms with Gasteiger partial charge >= 0.3 is 5.97 Å². The monoisotopic (exact) mass is 360 g/mol. The molecule has 7 nitrogen and oxygen atoms in total. The van der Waals surface area contributed by atoms with E-state index in [1.807, 2.05) is 13.0 Å². The summed E-state index contributed by atoms with van der Waals surface area (Å²) < 4.78 is 10.9. The number of anilines is 1. The van der Waals surface area contributed by atoms with Crippen molar-refractivity contribution in [2.24, 2.45) is 0 Å². The average Bonchev–Trinajstić information content (AvgIpc) is 2.62. The predicted octanol–water partition coefficient (Wildman–Crippen LogP) is 2.03. The van der Waals surface area contributed by atoms with Crippen LogP contribution in [0.5, 0.6) is 5.75 Å². The Morgan fingerprint density at radius 1 is 1.38 bits per heavy atom. The van der Waals surface area contributed by atoms with E-state index < -0.39 is 29.4 Å². The third kappa shape index (κ3) is 3.13. The van der Waals surface area contributed by atoms with E-state index in [1.54, 1.807) is 19.1 Å². The maximum absolute atomic E-state index is 13.2.